The van der Waals surface area contributed by atoms with Gasteiger partial charge >= 0.3 is 5.97 Å². The van der Waals surface area contributed by atoms with Crippen molar-refractivity contribution in [3.63, 3.8) is 0 Å². The van der Waals surface area contributed by atoms with Crippen LogP contribution in [0.25, 0.3) is 0 Å². The van der Waals surface area contributed by atoms with Gasteiger partial charge < -0.3 is 19.8 Å². The topological polar surface area (TPSA) is 75.9 Å². The van der Waals surface area contributed by atoms with Crippen LogP contribution in [0.2, 0.25) is 0 Å². The highest BCUT2D eigenvalue weighted by molar-refractivity contribution is 14.0. The normalized spacial score (nSPS) is 10.8. The third-order valence-corrected chi connectivity index (χ3v) is 3.51. The number of aliphatic imine (C=N–C) groups is 1. The van der Waals surface area contributed by atoms with Crippen LogP contribution in [0.1, 0.15) is 34.4 Å². The van der Waals surface area contributed by atoms with E-state index in [9.17, 15) is 9.18 Å². The number of carbonyl (C=O) groups excluding carboxylic acids is 1. The van der Waals surface area contributed by atoms with Gasteiger partial charge in [0, 0.05) is 12.1 Å². The van der Waals surface area contributed by atoms with Crippen molar-refractivity contribution < 1.29 is 18.3 Å². The van der Waals surface area contributed by atoms with Crippen molar-refractivity contribution in [1.29, 1.82) is 0 Å². The van der Waals surface area contributed by atoms with Gasteiger partial charge in [0.15, 0.2) is 5.96 Å². The number of nitrogens with one attached hydrogen (secondary N) is 2. The molecule has 0 aliphatic rings. The van der Waals surface area contributed by atoms with Crippen LogP contribution in [-0.2, 0) is 17.8 Å². The number of furan rings is 1. The molecule has 0 spiro atoms. The summed E-state index contributed by atoms with van der Waals surface area (Å²) in [5, 5.41) is 6.18. The molecule has 0 unspecified atom stereocenters. The van der Waals surface area contributed by atoms with Gasteiger partial charge in [-0.1, -0.05) is 18.2 Å². The number of carbonyl (C=O) groups is 1. The number of hydrogen-bond acceptors (Lipinski definition) is 4. The predicted octanol–water partition coefficient (Wildman–Crippen LogP) is 3.39. The van der Waals surface area contributed by atoms with E-state index in [1.54, 1.807) is 31.2 Å². The molecule has 0 amide bonds. The summed E-state index contributed by atoms with van der Waals surface area (Å²) in [6.45, 7) is 4.85. The van der Waals surface area contributed by atoms with Crippen LogP contribution in [-0.4, -0.2) is 25.6 Å². The highest BCUT2D eigenvalue weighted by atomic mass is 127. The first kappa shape index (κ1) is 21.9. The Bertz CT molecular complexity index is 762. The summed E-state index contributed by atoms with van der Waals surface area (Å²) in [7, 11) is 1.32. The summed E-state index contributed by atoms with van der Waals surface area (Å²) in [6.07, 6.45) is 0. The zero-order valence-corrected chi connectivity index (χ0v) is 17.3. The Morgan fingerprint density at radius 1 is 1.31 bits per heavy atom. The highest BCUT2D eigenvalue weighted by Crippen LogP contribution is 2.15. The van der Waals surface area contributed by atoms with Crippen LogP contribution < -0.4 is 10.6 Å². The second kappa shape index (κ2) is 10.8. The lowest BCUT2D eigenvalue weighted by atomic mass is 10.2. The Morgan fingerprint density at radius 2 is 2.04 bits per heavy atom. The number of esters is 1. The molecule has 8 heteroatoms. The fraction of sp³-hybridized carbons (Fsp3) is 0.333. The van der Waals surface area contributed by atoms with Gasteiger partial charge in [0.1, 0.15) is 22.9 Å². The van der Waals surface area contributed by atoms with Gasteiger partial charge in [-0.25, -0.2) is 14.2 Å². The van der Waals surface area contributed by atoms with E-state index in [2.05, 4.69) is 15.6 Å². The number of guanidine groups is 1. The van der Waals surface area contributed by atoms with E-state index in [1.807, 2.05) is 6.92 Å². The third-order valence-electron chi connectivity index (χ3n) is 3.51. The zero-order valence-electron chi connectivity index (χ0n) is 15.0. The van der Waals surface area contributed by atoms with E-state index in [1.165, 1.54) is 13.2 Å². The molecule has 2 rings (SSSR count). The van der Waals surface area contributed by atoms with Gasteiger partial charge in [-0.2, -0.15) is 0 Å². The molecule has 1 heterocycles. The van der Waals surface area contributed by atoms with Crippen LogP contribution in [0.15, 0.2) is 39.7 Å². The molecule has 0 atom stereocenters. The van der Waals surface area contributed by atoms with E-state index in [4.69, 9.17) is 9.15 Å². The number of rotatable bonds is 6. The first-order valence-electron chi connectivity index (χ1n) is 7.98. The van der Waals surface area contributed by atoms with Gasteiger partial charge in [0.25, 0.3) is 0 Å². The summed E-state index contributed by atoms with van der Waals surface area (Å²) in [5.74, 6) is 0.880. The number of methoxy groups -OCH3 is 1. The largest absolute Gasteiger partial charge is 0.465 e. The minimum Gasteiger partial charge on any atom is -0.465 e. The molecule has 0 saturated heterocycles. The summed E-state index contributed by atoms with van der Waals surface area (Å²) in [5.41, 5.74) is 0.911. The molecule has 2 N–H and O–H groups in total. The van der Waals surface area contributed by atoms with Crippen molar-refractivity contribution in [3.8, 4) is 0 Å². The first-order chi connectivity index (χ1) is 12.0. The van der Waals surface area contributed by atoms with Crippen molar-refractivity contribution in [2.45, 2.75) is 26.9 Å². The lowest BCUT2D eigenvalue weighted by Crippen LogP contribution is -2.36. The number of halogens is 2. The van der Waals surface area contributed by atoms with E-state index < -0.39 is 5.97 Å². The average Bonchev–Trinajstić information content (AvgIpc) is 2.98. The Morgan fingerprint density at radius 3 is 2.69 bits per heavy atom. The van der Waals surface area contributed by atoms with Crippen LogP contribution in [0, 0.1) is 12.7 Å². The van der Waals surface area contributed by atoms with Gasteiger partial charge in [-0.3, -0.25) is 0 Å². The molecule has 1 aromatic heterocycles. The summed E-state index contributed by atoms with van der Waals surface area (Å²) in [6, 6.07) is 8.15. The van der Waals surface area contributed by atoms with E-state index >= 15 is 0 Å². The van der Waals surface area contributed by atoms with Crippen molar-refractivity contribution >= 4 is 35.9 Å². The van der Waals surface area contributed by atoms with Gasteiger partial charge in [-0.15, -0.1) is 24.0 Å². The van der Waals surface area contributed by atoms with E-state index in [0.717, 1.165) is 0 Å². The molecule has 26 heavy (non-hydrogen) atoms. The minimum atomic E-state index is -0.437. The molecule has 0 bridgehead atoms. The molecular weight excluding hydrogens is 452 g/mol. The molecule has 0 aliphatic carbocycles. The highest BCUT2D eigenvalue weighted by Gasteiger charge is 2.15. The van der Waals surface area contributed by atoms with Crippen molar-refractivity contribution in [3.05, 3.63) is 58.8 Å². The van der Waals surface area contributed by atoms with Gasteiger partial charge in [0.05, 0.1) is 20.2 Å². The minimum absolute atomic E-state index is 0. The number of aryl methyl sites for hydroxylation is 1. The summed E-state index contributed by atoms with van der Waals surface area (Å²) in [4.78, 5) is 16.0. The van der Waals surface area contributed by atoms with Crippen LogP contribution in [0.5, 0.6) is 0 Å². The second-order valence-electron chi connectivity index (χ2n) is 5.31. The summed E-state index contributed by atoms with van der Waals surface area (Å²) >= 11 is 0. The SMILES string of the molecule is CCNC(=NCc1ccccc1F)NCc1cc(C(=O)OC)c(C)o1.I. The Kier molecular flexibility index (Phi) is 9.11. The van der Waals surface area contributed by atoms with Gasteiger partial charge in [-0.05, 0) is 26.0 Å². The monoisotopic (exact) mass is 475 g/mol. The molecule has 2 aromatic rings. The summed E-state index contributed by atoms with van der Waals surface area (Å²) < 4.78 is 23.9. The zero-order chi connectivity index (χ0) is 18.2. The third kappa shape index (κ3) is 6.01. The Labute approximate surface area is 169 Å². The fourth-order valence-electron chi connectivity index (χ4n) is 2.25. The molecule has 6 nitrogen and oxygen atoms in total. The molecule has 0 saturated carbocycles. The van der Waals surface area contributed by atoms with Crippen molar-refractivity contribution in [2.24, 2.45) is 4.99 Å². The first-order valence-corrected chi connectivity index (χ1v) is 7.98. The maximum Gasteiger partial charge on any atom is 0.341 e. The van der Waals surface area contributed by atoms with Crippen molar-refractivity contribution in [1.82, 2.24) is 10.6 Å². The molecule has 1 aromatic carbocycles. The molecule has 142 valence electrons. The second-order valence-corrected chi connectivity index (χ2v) is 5.31. The lowest BCUT2D eigenvalue weighted by molar-refractivity contribution is 0.0599. The quantitative estimate of drug-likeness (QED) is 0.290. The number of ether oxygens (including phenoxy) is 1. The van der Waals surface area contributed by atoms with Gasteiger partial charge in [0.2, 0.25) is 0 Å². The van der Waals surface area contributed by atoms with E-state index in [0.29, 0.717) is 41.7 Å². The number of benzene rings is 1. The van der Waals surface area contributed by atoms with Crippen LogP contribution in [0.4, 0.5) is 4.39 Å². The maximum atomic E-state index is 13.7. The molecule has 0 fully saturated rings. The Hall–Kier alpha value is -2.10. The standard InChI is InChI=1S/C18H22FN3O3.HI/c1-4-20-18(21-10-13-7-5-6-8-16(13)19)22-11-14-9-15(12(2)25-14)17(23)24-3;/h5-9H,4,10-11H2,1-3H3,(H2,20,21,22);1H. The maximum absolute atomic E-state index is 13.7. The van der Waals surface area contributed by atoms with E-state index in [-0.39, 0.29) is 36.3 Å². The fourth-order valence-corrected chi connectivity index (χ4v) is 2.25. The van der Waals surface area contributed by atoms with Crippen LogP contribution >= 0.6 is 24.0 Å². The molecule has 0 radical (unpaired) electrons. The average molecular weight is 475 g/mol. The van der Waals surface area contributed by atoms with Crippen LogP contribution in [0.3, 0.4) is 0 Å². The Balaban J connectivity index is 0.00000338. The number of hydrogen-bond donors (Lipinski definition) is 2. The van der Waals surface area contributed by atoms with Crippen molar-refractivity contribution in [2.75, 3.05) is 13.7 Å². The molecule has 0 aliphatic heterocycles. The number of nitrogens with zero attached hydrogens (tertiary/aromatic N) is 1. The predicted molar refractivity (Wildman–Crippen MR) is 108 cm³/mol. The lowest BCUT2D eigenvalue weighted by Gasteiger charge is -2.10. The smallest absolute Gasteiger partial charge is 0.341 e. The molecular formula is C18H23FIN3O3.